The summed E-state index contributed by atoms with van der Waals surface area (Å²) in [5, 5.41) is 3.47. The summed E-state index contributed by atoms with van der Waals surface area (Å²) in [7, 11) is 6.89. The summed E-state index contributed by atoms with van der Waals surface area (Å²) >= 11 is 0. The van der Waals surface area contributed by atoms with E-state index in [2.05, 4.69) is 39.5 Å². The summed E-state index contributed by atoms with van der Waals surface area (Å²) in [6, 6.07) is 14.4. The molecule has 0 saturated heterocycles. The maximum atomic E-state index is 5.66. The number of ether oxygens (including phenoxy) is 3. The lowest BCUT2D eigenvalue weighted by atomic mass is 9.99. The quantitative estimate of drug-likeness (QED) is 0.614. The molecule has 28 heavy (non-hydrogen) atoms. The van der Waals surface area contributed by atoms with Gasteiger partial charge in [0.05, 0.1) is 20.3 Å². The van der Waals surface area contributed by atoms with Crippen molar-refractivity contribution >= 4 is 5.96 Å². The van der Waals surface area contributed by atoms with Crippen molar-refractivity contribution in [1.82, 2.24) is 10.2 Å². The highest BCUT2D eigenvalue weighted by molar-refractivity contribution is 5.80. The van der Waals surface area contributed by atoms with Gasteiger partial charge < -0.3 is 24.4 Å². The molecule has 150 valence electrons. The van der Waals surface area contributed by atoms with Crippen molar-refractivity contribution in [3.05, 3.63) is 59.2 Å². The molecule has 0 radical (unpaired) electrons. The monoisotopic (exact) mass is 383 g/mol. The van der Waals surface area contributed by atoms with Gasteiger partial charge in [0.15, 0.2) is 17.5 Å². The third kappa shape index (κ3) is 4.39. The first-order chi connectivity index (χ1) is 13.7. The van der Waals surface area contributed by atoms with Crippen LogP contribution in [0.1, 0.15) is 22.8 Å². The Balaban J connectivity index is 1.69. The van der Waals surface area contributed by atoms with E-state index in [4.69, 9.17) is 14.2 Å². The van der Waals surface area contributed by atoms with E-state index in [1.54, 1.807) is 21.3 Å². The van der Waals surface area contributed by atoms with Gasteiger partial charge in [-0.15, -0.1) is 0 Å². The predicted octanol–water partition coefficient (Wildman–Crippen LogP) is 3.03. The van der Waals surface area contributed by atoms with Crippen molar-refractivity contribution in [2.75, 3.05) is 41.5 Å². The summed E-state index contributed by atoms with van der Waals surface area (Å²) in [5.74, 6) is 2.41. The van der Waals surface area contributed by atoms with Crippen LogP contribution < -0.4 is 14.8 Å². The fourth-order valence-electron chi connectivity index (χ4n) is 3.59. The highest BCUT2D eigenvalue weighted by Gasteiger charge is 2.22. The van der Waals surface area contributed by atoms with E-state index in [0.29, 0.717) is 6.54 Å². The van der Waals surface area contributed by atoms with Gasteiger partial charge in [0.2, 0.25) is 0 Å². The summed E-state index contributed by atoms with van der Waals surface area (Å²) < 4.78 is 16.6. The molecule has 0 saturated carbocycles. The van der Waals surface area contributed by atoms with E-state index in [-0.39, 0.29) is 6.10 Å². The second-order valence-corrected chi connectivity index (χ2v) is 6.71. The fourth-order valence-corrected chi connectivity index (χ4v) is 3.59. The van der Waals surface area contributed by atoms with Crippen molar-refractivity contribution in [2.45, 2.75) is 19.1 Å². The van der Waals surface area contributed by atoms with Crippen LogP contribution in [0.3, 0.4) is 0 Å². The molecule has 1 atom stereocenters. The lowest BCUT2D eigenvalue weighted by molar-refractivity contribution is 0.105. The maximum Gasteiger partial charge on any atom is 0.194 e. The third-order valence-electron chi connectivity index (χ3n) is 5.13. The Kier molecular flexibility index (Phi) is 6.76. The SMILES string of the molecule is CN=C(NCC(OC)c1ccccc1)N1CCc2cc(OC)c(OC)cc2C1. The van der Waals surface area contributed by atoms with Crippen molar-refractivity contribution < 1.29 is 14.2 Å². The normalized spacial score (nSPS) is 15.0. The third-order valence-corrected chi connectivity index (χ3v) is 5.13. The van der Waals surface area contributed by atoms with Crippen molar-refractivity contribution in [1.29, 1.82) is 0 Å². The van der Waals surface area contributed by atoms with Gasteiger partial charge >= 0.3 is 0 Å². The Hall–Kier alpha value is -2.73. The number of aliphatic imine (C=N–C) groups is 1. The van der Waals surface area contributed by atoms with Crippen LogP contribution in [-0.2, 0) is 17.7 Å². The highest BCUT2D eigenvalue weighted by Crippen LogP contribution is 2.33. The molecular weight excluding hydrogens is 354 g/mol. The number of hydrogen-bond acceptors (Lipinski definition) is 4. The molecule has 1 unspecified atom stereocenters. The standard InChI is InChI=1S/C22H29N3O3/c1-23-22(24-14-21(28-4)16-8-6-5-7-9-16)25-11-10-17-12-19(26-2)20(27-3)13-18(17)15-25/h5-9,12-13,21H,10-11,14-15H2,1-4H3,(H,23,24). The van der Waals surface area contributed by atoms with Crippen molar-refractivity contribution in [3.63, 3.8) is 0 Å². The number of fused-ring (bicyclic) bond motifs is 1. The van der Waals surface area contributed by atoms with E-state index in [9.17, 15) is 0 Å². The second kappa shape index (κ2) is 9.46. The lowest BCUT2D eigenvalue weighted by Crippen LogP contribution is -2.45. The van der Waals surface area contributed by atoms with Gasteiger partial charge in [-0.25, -0.2) is 0 Å². The number of hydrogen-bond donors (Lipinski definition) is 1. The van der Waals surface area contributed by atoms with Gasteiger partial charge in [0.1, 0.15) is 0 Å². The average Bonchev–Trinajstić information content (AvgIpc) is 2.76. The molecule has 1 aliphatic rings. The Bertz CT molecular complexity index is 808. The molecular formula is C22H29N3O3. The lowest BCUT2D eigenvalue weighted by Gasteiger charge is -2.32. The van der Waals surface area contributed by atoms with Gasteiger partial charge in [-0.2, -0.15) is 0 Å². The van der Waals surface area contributed by atoms with Gasteiger partial charge in [-0.1, -0.05) is 30.3 Å². The van der Waals surface area contributed by atoms with Crippen LogP contribution in [0.5, 0.6) is 11.5 Å². The predicted molar refractivity (Wildman–Crippen MR) is 111 cm³/mol. The highest BCUT2D eigenvalue weighted by atomic mass is 16.5. The zero-order chi connectivity index (χ0) is 19.9. The topological polar surface area (TPSA) is 55.3 Å². The number of benzene rings is 2. The number of nitrogens with zero attached hydrogens (tertiary/aromatic N) is 2. The van der Waals surface area contributed by atoms with E-state index in [0.717, 1.165) is 42.5 Å². The number of nitrogens with one attached hydrogen (secondary N) is 1. The van der Waals surface area contributed by atoms with Gasteiger partial charge in [0.25, 0.3) is 0 Å². The maximum absolute atomic E-state index is 5.66. The largest absolute Gasteiger partial charge is 0.493 e. The molecule has 0 bridgehead atoms. The first-order valence-electron chi connectivity index (χ1n) is 9.47. The van der Waals surface area contributed by atoms with Crippen LogP contribution in [0.4, 0.5) is 0 Å². The molecule has 3 rings (SSSR count). The summed E-state index contributed by atoms with van der Waals surface area (Å²) in [6.07, 6.45) is 0.905. The van der Waals surface area contributed by atoms with Gasteiger partial charge in [0, 0.05) is 33.8 Å². The van der Waals surface area contributed by atoms with E-state index in [1.165, 1.54) is 11.1 Å². The molecule has 1 N–H and O–H groups in total. The molecule has 2 aromatic carbocycles. The molecule has 0 spiro atoms. The van der Waals surface area contributed by atoms with Crippen molar-refractivity contribution in [3.8, 4) is 11.5 Å². The van der Waals surface area contributed by atoms with Crippen LogP contribution in [0, 0.1) is 0 Å². The first kappa shape index (κ1) is 20.0. The smallest absolute Gasteiger partial charge is 0.194 e. The molecule has 1 heterocycles. The number of methoxy groups -OCH3 is 3. The van der Waals surface area contributed by atoms with Crippen LogP contribution in [0.25, 0.3) is 0 Å². The average molecular weight is 383 g/mol. The molecule has 0 aliphatic carbocycles. The zero-order valence-electron chi connectivity index (χ0n) is 17.1. The minimum Gasteiger partial charge on any atom is -0.493 e. The van der Waals surface area contributed by atoms with Crippen LogP contribution in [0.2, 0.25) is 0 Å². The van der Waals surface area contributed by atoms with E-state index >= 15 is 0 Å². The minimum absolute atomic E-state index is 0.0283. The fraction of sp³-hybridized carbons (Fsp3) is 0.409. The molecule has 0 amide bonds. The molecule has 0 fully saturated rings. The summed E-state index contributed by atoms with van der Waals surface area (Å²) in [4.78, 5) is 6.74. The molecule has 6 heteroatoms. The Morgan fingerprint density at radius 2 is 1.75 bits per heavy atom. The Labute approximate surface area is 167 Å². The Morgan fingerprint density at radius 3 is 2.36 bits per heavy atom. The molecule has 1 aliphatic heterocycles. The van der Waals surface area contributed by atoms with Crippen molar-refractivity contribution in [2.24, 2.45) is 4.99 Å². The molecule has 6 nitrogen and oxygen atoms in total. The van der Waals surface area contributed by atoms with E-state index in [1.807, 2.05) is 25.2 Å². The summed E-state index contributed by atoms with van der Waals surface area (Å²) in [5.41, 5.74) is 3.68. The second-order valence-electron chi connectivity index (χ2n) is 6.71. The van der Waals surface area contributed by atoms with Crippen LogP contribution in [-0.4, -0.2) is 52.3 Å². The molecule has 2 aromatic rings. The zero-order valence-corrected chi connectivity index (χ0v) is 17.1. The van der Waals surface area contributed by atoms with Crippen LogP contribution >= 0.6 is 0 Å². The number of guanidine groups is 1. The first-order valence-corrected chi connectivity index (χ1v) is 9.47. The van der Waals surface area contributed by atoms with Gasteiger partial charge in [-0.05, 0) is 35.2 Å². The minimum atomic E-state index is -0.0283. The van der Waals surface area contributed by atoms with Gasteiger partial charge in [-0.3, -0.25) is 4.99 Å². The Morgan fingerprint density at radius 1 is 1.07 bits per heavy atom. The summed E-state index contributed by atoms with van der Waals surface area (Å²) in [6.45, 7) is 2.33. The van der Waals surface area contributed by atoms with Crippen LogP contribution in [0.15, 0.2) is 47.5 Å². The number of rotatable bonds is 6. The molecule has 0 aromatic heterocycles. The van der Waals surface area contributed by atoms with E-state index < -0.39 is 0 Å².